The van der Waals surface area contributed by atoms with Crippen LogP contribution in [0.2, 0.25) is 0 Å². The number of hydrogen-bond donors (Lipinski definition) is 3. The van der Waals surface area contributed by atoms with Gasteiger partial charge in [0.05, 0.1) is 11.1 Å². The Morgan fingerprint density at radius 2 is 2.00 bits per heavy atom. The van der Waals surface area contributed by atoms with Crippen molar-refractivity contribution in [3.63, 3.8) is 0 Å². The van der Waals surface area contributed by atoms with Gasteiger partial charge in [0.1, 0.15) is 0 Å². The van der Waals surface area contributed by atoms with Crippen molar-refractivity contribution < 1.29 is 15.3 Å². The molecule has 0 aliphatic rings. The Bertz CT molecular complexity index is 304. The monoisotopic (exact) mass is 165 g/mol. The topological polar surface area (TPSA) is 88.9 Å². The predicted molar refractivity (Wildman–Crippen MR) is 43.6 cm³/mol. The van der Waals surface area contributed by atoms with Gasteiger partial charge in [-0.3, -0.25) is 11.1 Å². The third-order valence-electron chi connectivity index (χ3n) is 1.44. The molecule has 4 nitrogen and oxygen atoms in total. The zero-order valence-electron chi connectivity index (χ0n) is 6.32. The van der Waals surface area contributed by atoms with Gasteiger partial charge >= 0.3 is 5.97 Å². The molecule has 0 heterocycles. The Kier molecular flexibility index (Phi) is 2.09. The van der Waals surface area contributed by atoms with Crippen LogP contribution in [0.3, 0.4) is 0 Å². The molecule has 0 spiro atoms. The second-order valence-corrected chi connectivity index (χ2v) is 2.34. The molecule has 1 aromatic rings. The molecule has 5 N–H and O–H groups in total. The standard InChI is InChI=1S/C8H8N2O2/c9-7(10)5-2-1-3-6(4-5)8(11)12/h1-4H,(H3,9,10)(H,11,12)/p+1. The van der Waals surface area contributed by atoms with E-state index in [1.54, 1.807) is 12.1 Å². The fraction of sp³-hybridized carbons (Fsp3) is 0. The molecule has 0 unspecified atom stereocenters. The van der Waals surface area contributed by atoms with E-state index in [9.17, 15) is 4.79 Å². The molecule has 0 aliphatic carbocycles. The second-order valence-electron chi connectivity index (χ2n) is 2.34. The largest absolute Gasteiger partial charge is 0.478 e. The molecular formula is C8H9N2O2+. The van der Waals surface area contributed by atoms with Crippen LogP contribution in [0.4, 0.5) is 0 Å². The first-order valence-electron chi connectivity index (χ1n) is 3.33. The number of benzene rings is 1. The van der Waals surface area contributed by atoms with E-state index >= 15 is 0 Å². The second kappa shape index (κ2) is 3.04. The van der Waals surface area contributed by atoms with Crippen molar-refractivity contribution in [3.8, 4) is 0 Å². The zero-order chi connectivity index (χ0) is 9.14. The molecule has 62 valence electrons. The fourth-order valence-corrected chi connectivity index (χ4v) is 0.832. The third-order valence-corrected chi connectivity index (χ3v) is 1.44. The first-order chi connectivity index (χ1) is 5.61. The van der Waals surface area contributed by atoms with E-state index in [0.29, 0.717) is 5.56 Å². The quantitative estimate of drug-likeness (QED) is 0.382. The highest BCUT2D eigenvalue weighted by Gasteiger charge is 2.06. The molecule has 0 saturated heterocycles. The third kappa shape index (κ3) is 1.60. The molecule has 0 aromatic heterocycles. The van der Waals surface area contributed by atoms with Gasteiger partial charge in [-0.15, -0.1) is 0 Å². The summed E-state index contributed by atoms with van der Waals surface area (Å²) >= 11 is 0. The molecule has 1 aromatic carbocycles. The number of rotatable bonds is 2. The van der Waals surface area contributed by atoms with Crippen LogP contribution in [-0.2, 0) is 0 Å². The minimum absolute atomic E-state index is 0.123. The number of carboxylic acid groups (broad SMARTS) is 1. The summed E-state index contributed by atoms with van der Waals surface area (Å²) in [6.45, 7) is 0. The Hall–Kier alpha value is -1.84. The maximum Gasteiger partial charge on any atom is 0.335 e. The van der Waals surface area contributed by atoms with Gasteiger partial charge in [0.15, 0.2) is 0 Å². The molecule has 0 fully saturated rings. The number of amidine groups is 1. The molecule has 1 rings (SSSR count). The van der Waals surface area contributed by atoms with Gasteiger partial charge < -0.3 is 5.11 Å². The van der Waals surface area contributed by atoms with Gasteiger partial charge in [-0.2, -0.15) is 0 Å². The lowest BCUT2D eigenvalue weighted by molar-refractivity contribution is -0.114. The van der Waals surface area contributed by atoms with Crippen LogP contribution in [0.1, 0.15) is 15.9 Å². The number of nitrogens with two attached hydrogens (primary N) is 2. The van der Waals surface area contributed by atoms with Gasteiger partial charge in [-0.1, -0.05) is 6.07 Å². The van der Waals surface area contributed by atoms with Crippen molar-refractivity contribution in [2.24, 2.45) is 5.73 Å². The Balaban J connectivity index is 3.12. The molecule has 4 heteroatoms. The number of carbonyl (C=O) groups is 1. The maximum absolute atomic E-state index is 10.5. The van der Waals surface area contributed by atoms with Crippen molar-refractivity contribution in [2.75, 3.05) is 0 Å². The number of aromatic carboxylic acids is 1. The Morgan fingerprint density at radius 1 is 1.42 bits per heavy atom. The lowest BCUT2D eigenvalue weighted by Gasteiger charge is -1.95. The Labute approximate surface area is 69.1 Å². The summed E-state index contributed by atoms with van der Waals surface area (Å²) in [5.74, 6) is -0.865. The highest BCUT2D eigenvalue weighted by Crippen LogP contribution is 2.03. The molecule has 0 radical (unpaired) electrons. The van der Waals surface area contributed by atoms with Gasteiger partial charge in [-0.25, -0.2) is 4.79 Å². The van der Waals surface area contributed by atoms with E-state index in [-0.39, 0.29) is 11.4 Å². The van der Waals surface area contributed by atoms with Crippen molar-refractivity contribution in [2.45, 2.75) is 0 Å². The van der Waals surface area contributed by atoms with Crippen LogP contribution in [0.25, 0.3) is 0 Å². The zero-order valence-corrected chi connectivity index (χ0v) is 6.32. The van der Waals surface area contributed by atoms with Gasteiger partial charge in [-0.05, 0) is 18.2 Å². The summed E-state index contributed by atoms with van der Waals surface area (Å²) in [6.07, 6.45) is 0. The number of carboxylic acids is 1. The van der Waals surface area contributed by atoms with Crippen LogP contribution >= 0.6 is 0 Å². The summed E-state index contributed by atoms with van der Waals surface area (Å²) in [5.41, 5.74) is 6.00. The minimum atomic E-state index is -0.988. The lowest BCUT2D eigenvalue weighted by atomic mass is 10.1. The van der Waals surface area contributed by atoms with Gasteiger partial charge in [0.25, 0.3) is 5.84 Å². The molecule has 0 atom stereocenters. The highest BCUT2D eigenvalue weighted by atomic mass is 16.4. The molecule has 12 heavy (non-hydrogen) atoms. The molecular weight excluding hydrogens is 156 g/mol. The van der Waals surface area contributed by atoms with Crippen LogP contribution < -0.4 is 11.1 Å². The maximum atomic E-state index is 10.5. The van der Waals surface area contributed by atoms with Gasteiger partial charge in [0, 0.05) is 0 Å². The van der Waals surface area contributed by atoms with E-state index in [4.69, 9.17) is 16.2 Å². The number of hydrogen-bond acceptors (Lipinski definition) is 1. The lowest BCUT2D eigenvalue weighted by Crippen LogP contribution is -2.46. The van der Waals surface area contributed by atoms with Crippen LogP contribution in [0.5, 0.6) is 0 Å². The summed E-state index contributed by atoms with van der Waals surface area (Å²) in [4.78, 5) is 10.5. The summed E-state index contributed by atoms with van der Waals surface area (Å²) in [6, 6.07) is 6.16. The minimum Gasteiger partial charge on any atom is -0.478 e. The molecule has 0 amide bonds. The molecule has 0 bridgehead atoms. The van der Waals surface area contributed by atoms with Crippen molar-refractivity contribution >= 4 is 11.8 Å². The summed E-state index contributed by atoms with van der Waals surface area (Å²) in [7, 11) is 0. The summed E-state index contributed by atoms with van der Waals surface area (Å²) in [5, 5.41) is 13.9. The van der Waals surface area contributed by atoms with Crippen LogP contribution in [0, 0.1) is 0 Å². The van der Waals surface area contributed by atoms with E-state index in [0.717, 1.165) is 0 Å². The van der Waals surface area contributed by atoms with Gasteiger partial charge in [0.2, 0.25) is 0 Å². The van der Waals surface area contributed by atoms with E-state index in [2.05, 4.69) is 0 Å². The van der Waals surface area contributed by atoms with E-state index < -0.39 is 5.97 Å². The van der Waals surface area contributed by atoms with Crippen LogP contribution in [-0.4, -0.2) is 16.9 Å². The smallest absolute Gasteiger partial charge is 0.335 e. The highest BCUT2D eigenvalue weighted by molar-refractivity contribution is 5.96. The van der Waals surface area contributed by atoms with Crippen molar-refractivity contribution in [3.05, 3.63) is 35.4 Å². The van der Waals surface area contributed by atoms with Crippen LogP contribution in [0.15, 0.2) is 24.3 Å². The Morgan fingerprint density at radius 3 is 2.50 bits per heavy atom. The predicted octanol–water partition coefficient (Wildman–Crippen LogP) is -1.15. The average Bonchev–Trinajstić information content (AvgIpc) is 2.04. The summed E-state index contributed by atoms with van der Waals surface area (Å²) < 4.78 is 0. The van der Waals surface area contributed by atoms with E-state index in [1.165, 1.54) is 12.1 Å². The average molecular weight is 165 g/mol. The first kappa shape index (κ1) is 8.26. The molecule has 0 saturated carbocycles. The van der Waals surface area contributed by atoms with Crippen molar-refractivity contribution in [1.82, 2.24) is 0 Å². The van der Waals surface area contributed by atoms with Crippen molar-refractivity contribution in [1.29, 1.82) is 0 Å². The van der Waals surface area contributed by atoms with E-state index in [1.807, 2.05) is 0 Å². The normalized spacial score (nSPS) is 9.33. The SMILES string of the molecule is NC(=[NH2+])c1cccc(C(=O)O)c1. The molecule has 0 aliphatic heterocycles. The fourth-order valence-electron chi connectivity index (χ4n) is 0.832. The first-order valence-corrected chi connectivity index (χ1v) is 3.33.